The molecule has 1 aromatic rings. The van der Waals surface area contributed by atoms with Gasteiger partial charge in [-0.3, -0.25) is 0 Å². The van der Waals surface area contributed by atoms with Crippen molar-refractivity contribution in [3.63, 3.8) is 0 Å². The van der Waals surface area contributed by atoms with Crippen molar-refractivity contribution in [1.82, 2.24) is 4.90 Å². The van der Waals surface area contributed by atoms with Gasteiger partial charge in [-0.2, -0.15) is 0 Å². The van der Waals surface area contributed by atoms with Gasteiger partial charge in [0.1, 0.15) is 11.3 Å². The van der Waals surface area contributed by atoms with E-state index in [1.807, 2.05) is 0 Å². The van der Waals surface area contributed by atoms with Crippen LogP contribution in [-0.2, 0) is 4.74 Å². The maximum Gasteiger partial charge on any atom is 0.341 e. The van der Waals surface area contributed by atoms with E-state index in [9.17, 15) is 4.79 Å². The number of nitrogen functional groups attached to an aromatic ring is 1. The molecule has 2 N–H and O–H groups in total. The molecule has 116 valence electrons. The molecule has 0 atom stereocenters. The molecule has 1 aliphatic heterocycles. The smallest absolute Gasteiger partial charge is 0.341 e. The fraction of sp³-hybridized carbons (Fsp3) is 0.562. The van der Waals surface area contributed by atoms with Crippen LogP contribution < -0.4 is 10.5 Å². The van der Waals surface area contributed by atoms with Gasteiger partial charge in [-0.15, -0.1) is 0 Å². The van der Waals surface area contributed by atoms with Crippen molar-refractivity contribution in [2.75, 3.05) is 38.6 Å². The van der Waals surface area contributed by atoms with Gasteiger partial charge in [0.05, 0.1) is 13.2 Å². The first-order chi connectivity index (χ1) is 10.2. The summed E-state index contributed by atoms with van der Waals surface area (Å²) in [5.74, 6) is 0.156. The summed E-state index contributed by atoms with van der Waals surface area (Å²) in [5, 5.41) is 0. The molecule has 21 heavy (non-hydrogen) atoms. The molecule has 5 heteroatoms. The van der Waals surface area contributed by atoms with Crippen LogP contribution in [0.4, 0.5) is 5.69 Å². The minimum absolute atomic E-state index is 0.335. The Balaban J connectivity index is 1.87. The van der Waals surface area contributed by atoms with Crippen LogP contribution in [0.3, 0.4) is 0 Å². The van der Waals surface area contributed by atoms with E-state index in [0.29, 0.717) is 30.2 Å². The highest BCUT2D eigenvalue weighted by molar-refractivity contribution is 5.93. The van der Waals surface area contributed by atoms with Gasteiger partial charge in [-0.1, -0.05) is 0 Å². The summed E-state index contributed by atoms with van der Waals surface area (Å²) >= 11 is 0. The number of likely N-dealkylation sites (tertiary alicyclic amines) is 1. The molecule has 2 rings (SSSR count). The van der Waals surface area contributed by atoms with Gasteiger partial charge < -0.3 is 20.1 Å². The third-order valence-electron chi connectivity index (χ3n) is 3.57. The first kappa shape index (κ1) is 15.6. The Morgan fingerprint density at radius 1 is 1.33 bits per heavy atom. The van der Waals surface area contributed by atoms with Crippen molar-refractivity contribution in [3.05, 3.63) is 23.8 Å². The predicted molar refractivity (Wildman–Crippen MR) is 82.6 cm³/mol. The van der Waals surface area contributed by atoms with Crippen LogP contribution in [0.25, 0.3) is 0 Å². The van der Waals surface area contributed by atoms with Crippen molar-refractivity contribution in [2.45, 2.75) is 26.2 Å². The van der Waals surface area contributed by atoms with E-state index in [1.54, 1.807) is 25.1 Å². The standard InChI is InChI=1S/C16H24N2O3/c1-2-20-16(19)14-12-13(17)6-7-15(14)21-11-5-10-18-8-3-4-9-18/h6-7,12H,2-5,8-11,17H2,1H3. The second kappa shape index (κ2) is 7.88. The molecule has 0 spiro atoms. The lowest BCUT2D eigenvalue weighted by atomic mass is 10.2. The Labute approximate surface area is 126 Å². The number of hydrogen-bond acceptors (Lipinski definition) is 5. The minimum atomic E-state index is -0.389. The van der Waals surface area contributed by atoms with Crippen LogP contribution in [-0.4, -0.2) is 43.7 Å². The van der Waals surface area contributed by atoms with Gasteiger partial charge in [-0.05, 0) is 57.5 Å². The van der Waals surface area contributed by atoms with Crippen molar-refractivity contribution in [2.24, 2.45) is 0 Å². The predicted octanol–water partition coefficient (Wildman–Crippen LogP) is 2.31. The zero-order valence-electron chi connectivity index (χ0n) is 12.6. The Morgan fingerprint density at radius 2 is 2.10 bits per heavy atom. The van der Waals surface area contributed by atoms with Crippen LogP contribution in [0.15, 0.2) is 18.2 Å². The molecule has 0 amide bonds. The monoisotopic (exact) mass is 292 g/mol. The topological polar surface area (TPSA) is 64.8 Å². The maximum absolute atomic E-state index is 11.9. The molecule has 0 unspecified atom stereocenters. The highest BCUT2D eigenvalue weighted by Gasteiger charge is 2.15. The first-order valence-electron chi connectivity index (χ1n) is 7.62. The van der Waals surface area contributed by atoms with Gasteiger partial charge in [0.2, 0.25) is 0 Å². The minimum Gasteiger partial charge on any atom is -0.493 e. The van der Waals surface area contributed by atoms with Gasteiger partial charge in [0.25, 0.3) is 0 Å². The van der Waals surface area contributed by atoms with Crippen LogP contribution in [0.5, 0.6) is 5.75 Å². The average molecular weight is 292 g/mol. The normalized spacial score (nSPS) is 15.1. The summed E-state index contributed by atoms with van der Waals surface area (Å²) in [7, 11) is 0. The zero-order valence-corrected chi connectivity index (χ0v) is 12.6. The average Bonchev–Trinajstić information content (AvgIpc) is 2.98. The summed E-state index contributed by atoms with van der Waals surface area (Å²) in [6, 6.07) is 5.07. The van der Waals surface area contributed by atoms with Crippen molar-refractivity contribution in [1.29, 1.82) is 0 Å². The van der Waals surface area contributed by atoms with E-state index in [4.69, 9.17) is 15.2 Å². The Bertz CT molecular complexity index is 471. The largest absolute Gasteiger partial charge is 0.493 e. The van der Waals surface area contributed by atoms with Crippen molar-refractivity contribution >= 4 is 11.7 Å². The summed E-state index contributed by atoms with van der Waals surface area (Å²) in [5.41, 5.74) is 6.66. The van der Waals surface area contributed by atoms with Gasteiger partial charge in [0.15, 0.2) is 0 Å². The lowest BCUT2D eigenvalue weighted by Gasteiger charge is -2.15. The molecule has 1 saturated heterocycles. The van der Waals surface area contributed by atoms with Crippen molar-refractivity contribution < 1.29 is 14.3 Å². The summed E-state index contributed by atoms with van der Waals surface area (Å²) < 4.78 is 10.8. The quantitative estimate of drug-likeness (QED) is 0.474. The van der Waals surface area contributed by atoms with E-state index in [1.165, 1.54) is 25.9 Å². The number of anilines is 1. The van der Waals surface area contributed by atoms with E-state index >= 15 is 0 Å². The maximum atomic E-state index is 11.9. The number of hydrogen-bond donors (Lipinski definition) is 1. The number of rotatable bonds is 7. The molecule has 0 radical (unpaired) electrons. The number of ether oxygens (including phenoxy) is 2. The van der Waals surface area contributed by atoms with Crippen molar-refractivity contribution in [3.8, 4) is 5.75 Å². The molecule has 1 heterocycles. The summed E-state index contributed by atoms with van der Waals surface area (Å²) in [6.45, 7) is 6.13. The lowest BCUT2D eigenvalue weighted by Crippen LogP contribution is -2.22. The van der Waals surface area contributed by atoms with E-state index in [-0.39, 0.29) is 5.97 Å². The number of nitrogens with two attached hydrogens (primary N) is 1. The highest BCUT2D eigenvalue weighted by Crippen LogP contribution is 2.22. The van der Waals surface area contributed by atoms with Gasteiger partial charge in [0, 0.05) is 12.2 Å². The molecule has 0 aliphatic carbocycles. The number of benzene rings is 1. The third kappa shape index (κ3) is 4.63. The molecule has 0 bridgehead atoms. The van der Waals surface area contributed by atoms with E-state index < -0.39 is 0 Å². The second-order valence-corrected chi connectivity index (χ2v) is 5.23. The fourth-order valence-corrected chi connectivity index (χ4v) is 2.52. The zero-order chi connectivity index (χ0) is 15.1. The fourth-order valence-electron chi connectivity index (χ4n) is 2.52. The van der Waals surface area contributed by atoms with E-state index in [2.05, 4.69) is 4.90 Å². The molecule has 1 aromatic carbocycles. The molecular formula is C16H24N2O3. The lowest BCUT2D eigenvalue weighted by molar-refractivity contribution is 0.0521. The van der Waals surface area contributed by atoms with E-state index in [0.717, 1.165) is 13.0 Å². The number of nitrogens with zero attached hydrogens (tertiary/aromatic N) is 1. The van der Waals surface area contributed by atoms with Crippen LogP contribution in [0, 0.1) is 0 Å². The molecule has 1 fully saturated rings. The number of carbonyl (C=O) groups excluding carboxylic acids is 1. The van der Waals surface area contributed by atoms with Gasteiger partial charge >= 0.3 is 5.97 Å². The Hall–Kier alpha value is -1.75. The molecular weight excluding hydrogens is 268 g/mol. The Morgan fingerprint density at radius 3 is 2.81 bits per heavy atom. The van der Waals surface area contributed by atoms with Gasteiger partial charge in [-0.25, -0.2) is 4.79 Å². The first-order valence-corrected chi connectivity index (χ1v) is 7.62. The SMILES string of the molecule is CCOC(=O)c1cc(N)ccc1OCCCN1CCCC1. The Kier molecular flexibility index (Phi) is 5.87. The summed E-state index contributed by atoms with van der Waals surface area (Å²) in [6.07, 6.45) is 3.55. The van der Waals surface area contributed by atoms with Crippen LogP contribution in [0.1, 0.15) is 36.5 Å². The van der Waals surface area contributed by atoms with Crippen LogP contribution in [0.2, 0.25) is 0 Å². The highest BCUT2D eigenvalue weighted by atomic mass is 16.5. The molecule has 1 aliphatic rings. The number of carbonyl (C=O) groups is 1. The molecule has 5 nitrogen and oxygen atoms in total. The summed E-state index contributed by atoms with van der Waals surface area (Å²) in [4.78, 5) is 14.3. The molecule has 0 aromatic heterocycles. The second-order valence-electron chi connectivity index (χ2n) is 5.23. The third-order valence-corrected chi connectivity index (χ3v) is 3.57. The molecule has 0 saturated carbocycles. The van der Waals surface area contributed by atoms with Crippen LogP contribution >= 0.6 is 0 Å². The number of esters is 1.